The van der Waals surface area contributed by atoms with Gasteiger partial charge in [0.2, 0.25) is 5.89 Å². The first kappa shape index (κ1) is 28.3. The standard InChI is InChI=1S/C47H30N2O/c1-4-12-31(13-5-1)41-28-35-23-27-44-46(50-47(48-44)34-15-6-2-7-16-34)45(35)40-26-25-38(30-43(40)41)49(36-17-8-3-9-18-36)37-24-22-33-21-20-32-14-10-11-19-39(32)42(33)29-37/h1-30H. The summed E-state index contributed by atoms with van der Waals surface area (Å²) in [7, 11) is 0. The molecule has 0 aliphatic heterocycles. The van der Waals surface area contributed by atoms with Crippen molar-refractivity contribution in [2.45, 2.75) is 0 Å². The Morgan fingerprint density at radius 2 is 1.00 bits per heavy atom. The monoisotopic (exact) mass is 638 g/mol. The van der Waals surface area contributed by atoms with E-state index in [4.69, 9.17) is 9.40 Å². The smallest absolute Gasteiger partial charge is 0.227 e. The molecule has 10 rings (SSSR count). The number of para-hydroxylation sites is 1. The van der Waals surface area contributed by atoms with Gasteiger partial charge in [-0.05, 0) is 109 Å². The molecule has 3 heteroatoms. The Kier molecular flexibility index (Phi) is 6.49. The van der Waals surface area contributed by atoms with Gasteiger partial charge in [-0.15, -0.1) is 0 Å². The van der Waals surface area contributed by atoms with Crippen LogP contribution in [0.15, 0.2) is 186 Å². The van der Waals surface area contributed by atoms with Crippen molar-refractivity contribution in [3.8, 4) is 22.6 Å². The Hall–Kier alpha value is -6.71. The minimum atomic E-state index is 0.629. The molecule has 9 aromatic carbocycles. The molecule has 0 aliphatic rings. The van der Waals surface area contributed by atoms with Gasteiger partial charge in [-0.25, -0.2) is 4.98 Å². The van der Waals surface area contributed by atoms with Gasteiger partial charge in [0.05, 0.1) is 0 Å². The van der Waals surface area contributed by atoms with E-state index in [2.05, 4.69) is 157 Å². The zero-order valence-electron chi connectivity index (χ0n) is 27.1. The van der Waals surface area contributed by atoms with Crippen LogP contribution in [0.2, 0.25) is 0 Å². The maximum atomic E-state index is 6.59. The molecule has 0 fully saturated rings. The number of anilines is 3. The van der Waals surface area contributed by atoms with Crippen LogP contribution < -0.4 is 4.90 Å². The number of fused-ring (bicyclic) bond motifs is 8. The number of nitrogens with zero attached hydrogens (tertiary/aromatic N) is 2. The topological polar surface area (TPSA) is 29.3 Å². The number of oxazole rings is 1. The molecule has 0 unspecified atom stereocenters. The van der Waals surface area contributed by atoms with E-state index in [1.807, 2.05) is 30.3 Å². The predicted octanol–water partition coefficient (Wildman–Crippen LogP) is 13.2. The van der Waals surface area contributed by atoms with E-state index < -0.39 is 0 Å². The first-order chi connectivity index (χ1) is 24.8. The normalized spacial score (nSPS) is 11.6. The fraction of sp³-hybridized carbons (Fsp3) is 0. The molecular formula is C47H30N2O. The van der Waals surface area contributed by atoms with Crippen LogP contribution in [0.1, 0.15) is 0 Å². The van der Waals surface area contributed by atoms with Crippen molar-refractivity contribution in [3.05, 3.63) is 182 Å². The quantitative estimate of drug-likeness (QED) is 0.176. The van der Waals surface area contributed by atoms with Crippen LogP contribution in [0.3, 0.4) is 0 Å². The van der Waals surface area contributed by atoms with Crippen LogP contribution in [0.25, 0.3) is 76.8 Å². The molecule has 234 valence electrons. The van der Waals surface area contributed by atoms with Gasteiger partial charge in [0.25, 0.3) is 0 Å². The van der Waals surface area contributed by atoms with E-state index in [1.165, 1.54) is 32.7 Å². The molecular weight excluding hydrogens is 609 g/mol. The van der Waals surface area contributed by atoms with Crippen LogP contribution in [0.5, 0.6) is 0 Å². The lowest BCUT2D eigenvalue weighted by atomic mass is 9.92. The third kappa shape index (κ3) is 4.63. The lowest BCUT2D eigenvalue weighted by Crippen LogP contribution is -2.10. The fourth-order valence-electron chi connectivity index (χ4n) is 7.46. The Morgan fingerprint density at radius 3 is 1.78 bits per heavy atom. The molecule has 0 bridgehead atoms. The van der Waals surface area contributed by atoms with Gasteiger partial charge < -0.3 is 9.32 Å². The highest BCUT2D eigenvalue weighted by molar-refractivity contribution is 6.22. The molecule has 0 spiro atoms. The zero-order valence-corrected chi connectivity index (χ0v) is 27.1. The number of aromatic nitrogens is 1. The molecule has 1 aromatic heterocycles. The number of hydrogen-bond donors (Lipinski definition) is 0. The van der Waals surface area contributed by atoms with Crippen molar-refractivity contribution in [2.24, 2.45) is 0 Å². The largest absolute Gasteiger partial charge is 0.435 e. The van der Waals surface area contributed by atoms with Crippen LogP contribution >= 0.6 is 0 Å². The number of rotatable bonds is 5. The Balaban J connectivity index is 1.25. The molecule has 0 atom stereocenters. The van der Waals surface area contributed by atoms with E-state index in [-0.39, 0.29) is 0 Å². The van der Waals surface area contributed by atoms with Gasteiger partial charge in [-0.1, -0.05) is 121 Å². The van der Waals surface area contributed by atoms with E-state index in [0.717, 1.165) is 55.3 Å². The SMILES string of the molecule is c1ccc(-c2nc3ccc4cc(-c5ccccc5)c5cc(N(c6ccccc6)c6ccc7ccc8ccccc8c7c6)ccc5c4c3o2)cc1. The van der Waals surface area contributed by atoms with Crippen LogP contribution in [0, 0.1) is 0 Å². The molecule has 1 heterocycles. The van der Waals surface area contributed by atoms with Crippen molar-refractivity contribution in [3.63, 3.8) is 0 Å². The van der Waals surface area contributed by atoms with Gasteiger partial charge in [0.1, 0.15) is 5.52 Å². The summed E-state index contributed by atoms with van der Waals surface area (Å²) in [6, 6.07) is 64.7. The van der Waals surface area contributed by atoms with Gasteiger partial charge >= 0.3 is 0 Å². The summed E-state index contributed by atoms with van der Waals surface area (Å²) in [5.74, 6) is 0.629. The third-order valence-electron chi connectivity index (χ3n) is 9.82. The summed E-state index contributed by atoms with van der Waals surface area (Å²) in [4.78, 5) is 7.28. The summed E-state index contributed by atoms with van der Waals surface area (Å²) in [5.41, 5.74) is 8.24. The minimum Gasteiger partial charge on any atom is -0.435 e. The van der Waals surface area contributed by atoms with Gasteiger partial charge in [0.15, 0.2) is 5.58 Å². The average molecular weight is 639 g/mol. The molecule has 10 aromatic rings. The Labute approximate surface area is 289 Å². The van der Waals surface area contributed by atoms with Crippen molar-refractivity contribution >= 4 is 71.3 Å². The van der Waals surface area contributed by atoms with Gasteiger partial charge in [-0.2, -0.15) is 0 Å². The van der Waals surface area contributed by atoms with Crippen molar-refractivity contribution in [1.82, 2.24) is 4.98 Å². The first-order valence-electron chi connectivity index (χ1n) is 17.0. The Morgan fingerprint density at radius 1 is 0.400 bits per heavy atom. The Bertz CT molecular complexity index is 2860. The molecule has 0 amide bonds. The highest BCUT2D eigenvalue weighted by atomic mass is 16.3. The molecule has 0 saturated carbocycles. The van der Waals surface area contributed by atoms with Crippen molar-refractivity contribution < 1.29 is 4.42 Å². The van der Waals surface area contributed by atoms with Crippen LogP contribution in [-0.4, -0.2) is 4.98 Å². The third-order valence-corrected chi connectivity index (χ3v) is 9.82. The van der Waals surface area contributed by atoms with E-state index >= 15 is 0 Å². The van der Waals surface area contributed by atoms with Gasteiger partial charge in [0, 0.05) is 28.0 Å². The maximum Gasteiger partial charge on any atom is 0.227 e. The van der Waals surface area contributed by atoms with Crippen LogP contribution in [-0.2, 0) is 0 Å². The molecule has 50 heavy (non-hydrogen) atoms. The van der Waals surface area contributed by atoms with E-state index in [9.17, 15) is 0 Å². The van der Waals surface area contributed by atoms with Gasteiger partial charge in [-0.3, -0.25) is 0 Å². The summed E-state index contributed by atoms with van der Waals surface area (Å²) < 4.78 is 6.59. The van der Waals surface area contributed by atoms with Crippen LogP contribution in [0.4, 0.5) is 17.1 Å². The summed E-state index contributed by atoms with van der Waals surface area (Å²) in [6.45, 7) is 0. The second-order valence-electron chi connectivity index (χ2n) is 12.8. The van der Waals surface area contributed by atoms with Crippen molar-refractivity contribution in [2.75, 3.05) is 4.90 Å². The highest BCUT2D eigenvalue weighted by Gasteiger charge is 2.19. The molecule has 3 nitrogen and oxygen atoms in total. The number of hydrogen-bond acceptors (Lipinski definition) is 3. The van der Waals surface area contributed by atoms with Crippen molar-refractivity contribution in [1.29, 1.82) is 0 Å². The molecule has 0 radical (unpaired) electrons. The lowest BCUT2D eigenvalue weighted by Gasteiger charge is -2.27. The second-order valence-corrected chi connectivity index (χ2v) is 12.8. The highest BCUT2D eigenvalue weighted by Crippen LogP contribution is 2.44. The molecule has 0 saturated heterocycles. The summed E-state index contributed by atoms with van der Waals surface area (Å²) in [5, 5.41) is 9.42. The predicted molar refractivity (Wildman–Crippen MR) is 210 cm³/mol. The lowest BCUT2D eigenvalue weighted by molar-refractivity contribution is 0.623. The molecule has 0 N–H and O–H groups in total. The summed E-state index contributed by atoms with van der Waals surface area (Å²) >= 11 is 0. The molecule has 0 aliphatic carbocycles. The zero-order chi connectivity index (χ0) is 33.0. The average Bonchev–Trinajstić information content (AvgIpc) is 3.63. The fourth-order valence-corrected chi connectivity index (χ4v) is 7.46. The van der Waals surface area contributed by atoms with E-state index in [0.29, 0.717) is 5.89 Å². The number of benzene rings is 9. The minimum absolute atomic E-state index is 0.629. The second kappa shape index (κ2) is 11.5. The first-order valence-corrected chi connectivity index (χ1v) is 17.0. The van der Waals surface area contributed by atoms with E-state index in [1.54, 1.807) is 0 Å². The maximum absolute atomic E-state index is 6.59. The summed E-state index contributed by atoms with van der Waals surface area (Å²) in [6.07, 6.45) is 0.